The van der Waals surface area contributed by atoms with Gasteiger partial charge in [0.2, 0.25) is 0 Å². The standard InChI is InChI=1S/C12H17ClN2O2/c1-7(2)11(6-16)15-12(17)8-3-9(13)5-10(14)4-8/h3-5,7,11,16H,6,14H2,1-2H3,(H,15,17)/t11-/m1/s1. The number of hydrogen-bond donors (Lipinski definition) is 3. The minimum atomic E-state index is -0.285. The smallest absolute Gasteiger partial charge is 0.251 e. The first-order chi connectivity index (χ1) is 7.93. The zero-order valence-electron chi connectivity index (χ0n) is 9.90. The van der Waals surface area contributed by atoms with Gasteiger partial charge in [-0.1, -0.05) is 25.4 Å². The van der Waals surface area contributed by atoms with Crippen molar-refractivity contribution in [1.82, 2.24) is 5.32 Å². The lowest BCUT2D eigenvalue weighted by Crippen LogP contribution is -2.41. The lowest BCUT2D eigenvalue weighted by molar-refractivity contribution is 0.0897. The van der Waals surface area contributed by atoms with Crippen LogP contribution in [0.25, 0.3) is 0 Å². The van der Waals surface area contributed by atoms with Crippen LogP contribution >= 0.6 is 11.6 Å². The number of carbonyl (C=O) groups is 1. The molecule has 1 amide bonds. The summed E-state index contributed by atoms with van der Waals surface area (Å²) in [6.45, 7) is 3.75. The Morgan fingerprint density at radius 3 is 2.59 bits per heavy atom. The third kappa shape index (κ3) is 3.91. The van der Waals surface area contributed by atoms with Gasteiger partial charge in [-0.3, -0.25) is 4.79 Å². The van der Waals surface area contributed by atoms with Crippen LogP contribution in [0.15, 0.2) is 18.2 Å². The third-order valence-corrected chi connectivity index (χ3v) is 2.72. The molecule has 0 aliphatic rings. The van der Waals surface area contributed by atoms with Crippen LogP contribution in [-0.2, 0) is 0 Å². The molecule has 0 unspecified atom stereocenters. The van der Waals surface area contributed by atoms with Crippen LogP contribution in [0.2, 0.25) is 5.02 Å². The van der Waals surface area contributed by atoms with E-state index in [0.717, 1.165) is 0 Å². The van der Waals surface area contributed by atoms with Crippen molar-refractivity contribution in [3.8, 4) is 0 Å². The van der Waals surface area contributed by atoms with E-state index >= 15 is 0 Å². The molecule has 5 heteroatoms. The van der Waals surface area contributed by atoms with Crippen LogP contribution < -0.4 is 11.1 Å². The van der Waals surface area contributed by atoms with E-state index in [4.69, 9.17) is 22.4 Å². The van der Waals surface area contributed by atoms with Crippen molar-refractivity contribution < 1.29 is 9.90 Å². The van der Waals surface area contributed by atoms with Crippen molar-refractivity contribution in [1.29, 1.82) is 0 Å². The van der Waals surface area contributed by atoms with E-state index in [2.05, 4.69) is 5.32 Å². The lowest BCUT2D eigenvalue weighted by atomic mass is 10.0. The van der Waals surface area contributed by atoms with Gasteiger partial charge in [0.05, 0.1) is 12.6 Å². The molecule has 1 aromatic carbocycles. The van der Waals surface area contributed by atoms with Crippen molar-refractivity contribution >= 4 is 23.2 Å². The van der Waals surface area contributed by atoms with E-state index in [1.54, 1.807) is 18.2 Å². The second-order valence-electron chi connectivity index (χ2n) is 4.28. The van der Waals surface area contributed by atoms with Gasteiger partial charge in [-0.25, -0.2) is 0 Å². The van der Waals surface area contributed by atoms with Crippen molar-refractivity contribution in [3.05, 3.63) is 28.8 Å². The molecule has 1 atom stereocenters. The number of halogens is 1. The molecular weight excluding hydrogens is 240 g/mol. The number of nitrogen functional groups attached to an aromatic ring is 1. The number of anilines is 1. The van der Waals surface area contributed by atoms with Crippen molar-refractivity contribution in [2.24, 2.45) is 5.92 Å². The maximum atomic E-state index is 11.9. The monoisotopic (exact) mass is 256 g/mol. The van der Waals surface area contributed by atoms with E-state index < -0.39 is 0 Å². The number of hydrogen-bond acceptors (Lipinski definition) is 3. The molecule has 0 aliphatic carbocycles. The maximum absolute atomic E-state index is 11.9. The number of amides is 1. The highest BCUT2D eigenvalue weighted by Crippen LogP contribution is 2.16. The first-order valence-corrected chi connectivity index (χ1v) is 5.79. The average molecular weight is 257 g/mol. The van der Waals surface area contributed by atoms with Crippen molar-refractivity contribution in [3.63, 3.8) is 0 Å². The molecule has 0 bridgehead atoms. The average Bonchev–Trinajstić information content (AvgIpc) is 2.23. The number of carbonyl (C=O) groups excluding carboxylic acids is 1. The molecule has 0 saturated carbocycles. The molecule has 4 nitrogen and oxygen atoms in total. The Hall–Kier alpha value is -1.26. The summed E-state index contributed by atoms with van der Waals surface area (Å²) in [6.07, 6.45) is 0. The summed E-state index contributed by atoms with van der Waals surface area (Å²) in [5.74, 6) is -0.132. The number of rotatable bonds is 4. The van der Waals surface area contributed by atoms with Crippen LogP contribution in [0, 0.1) is 5.92 Å². The first-order valence-electron chi connectivity index (χ1n) is 5.42. The molecule has 1 rings (SSSR count). The van der Waals surface area contributed by atoms with E-state index in [-0.39, 0.29) is 24.5 Å². The Morgan fingerprint density at radius 2 is 2.12 bits per heavy atom. The van der Waals surface area contributed by atoms with Gasteiger partial charge in [-0.05, 0) is 24.1 Å². The fraction of sp³-hybridized carbons (Fsp3) is 0.417. The van der Waals surface area contributed by atoms with Crippen LogP contribution in [0.4, 0.5) is 5.69 Å². The summed E-state index contributed by atoms with van der Waals surface area (Å²) in [5, 5.41) is 12.3. The highest BCUT2D eigenvalue weighted by molar-refractivity contribution is 6.31. The fourth-order valence-corrected chi connectivity index (χ4v) is 1.66. The second kappa shape index (κ2) is 5.89. The Labute approximate surface area is 106 Å². The number of aliphatic hydroxyl groups excluding tert-OH is 1. The van der Waals surface area contributed by atoms with Crippen LogP contribution in [0.1, 0.15) is 24.2 Å². The van der Waals surface area contributed by atoms with Gasteiger partial charge < -0.3 is 16.2 Å². The van der Waals surface area contributed by atoms with Gasteiger partial charge in [-0.15, -0.1) is 0 Å². The topological polar surface area (TPSA) is 75.3 Å². The van der Waals surface area contributed by atoms with Gasteiger partial charge in [0, 0.05) is 16.3 Å². The van der Waals surface area contributed by atoms with Gasteiger partial charge in [0.1, 0.15) is 0 Å². The maximum Gasteiger partial charge on any atom is 0.251 e. The van der Waals surface area contributed by atoms with Gasteiger partial charge >= 0.3 is 0 Å². The highest BCUT2D eigenvalue weighted by atomic mass is 35.5. The van der Waals surface area contributed by atoms with E-state index in [0.29, 0.717) is 16.3 Å². The molecule has 0 heterocycles. The summed E-state index contributed by atoms with van der Waals surface area (Å²) < 4.78 is 0. The Morgan fingerprint density at radius 1 is 1.47 bits per heavy atom. The molecule has 0 radical (unpaired) electrons. The molecule has 0 saturated heterocycles. The quantitative estimate of drug-likeness (QED) is 0.718. The Bertz CT molecular complexity index is 387. The Kier molecular flexibility index (Phi) is 4.78. The number of benzene rings is 1. The third-order valence-electron chi connectivity index (χ3n) is 2.50. The number of nitrogens with one attached hydrogen (secondary N) is 1. The predicted octanol–water partition coefficient (Wildman–Crippen LogP) is 1.67. The Balaban J connectivity index is 2.82. The van der Waals surface area contributed by atoms with Gasteiger partial charge in [-0.2, -0.15) is 0 Å². The molecule has 0 aromatic heterocycles. The summed E-state index contributed by atoms with van der Waals surface area (Å²) in [5.41, 5.74) is 6.44. The lowest BCUT2D eigenvalue weighted by Gasteiger charge is -2.20. The largest absolute Gasteiger partial charge is 0.399 e. The molecule has 4 N–H and O–H groups in total. The fourth-order valence-electron chi connectivity index (χ4n) is 1.42. The zero-order chi connectivity index (χ0) is 13.0. The highest BCUT2D eigenvalue weighted by Gasteiger charge is 2.16. The van der Waals surface area contributed by atoms with Crippen molar-refractivity contribution in [2.45, 2.75) is 19.9 Å². The van der Waals surface area contributed by atoms with Gasteiger partial charge in [0.15, 0.2) is 0 Å². The van der Waals surface area contributed by atoms with Crippen molar-refractivity contribution in [2.75, 3.05) is 12.3 Å². The van der Waals surface area contributed by atoms with E-state index in [1.165, 1.54) is 0 Å². The van der Waals surface area contributed by atoms with Crippen LogP contribution in [0.3, 0.4) is 0 Å². The molecule has 17 heavy (non-hydrogen) atoms. The molecule has 0 fully saturated rings. The summed E-state index contributed by atoms with van der Waals surface area (Å²) >= 11 is 5.82. The summed E-state index contributed by atoms with van der Waals surface area (Å²) in [7, 11) is 0. The zero-order valence-corrected chi connectivity index (χ0v) is 10.7. The first kappa shape index (κ1) is 13.8. The SMILES string of the molecule is CC(C)[C@@H](CO)NC(=O)c1cc(N)cc(Cl)c1. The summed E-state index contributed by atoms with van der Waals surface area (Å²) in [6, 6.07) is 4.39. The molecule has 0 aliphatic heterocycles. The molecule has 94 valence electrons. The predicted molar refractivity (Wildman–Crippen MR) is 69.0 cm³/mol. The van der Waals surface area contributed by atoms with E-state index in [9.17, 15) is 4.79 Å². The minimum Gasteiger partial charge on any atom is -0.399 e. The van der Waals surface area contributed by atoms with Crippen LogP contribution in [-0.4, -0.2) is 23.7 Å². The number of nitrogens with two attached hydrogens (primary N) is 1. The second-order valence-corrected chi connectivity index (χ2v) is 4.72. The molecule has 1 aromatic rings. The minimum absolute atomic E-state index is 0.0978. The summed E-state index contributed by atoms with van der Waals surface area (Å²) in [4.78, 5) is 11.9. The molecular formula is C12H17ClN2O2. The van der Waals surface area contributed by atoms with E-state index in [1.807, 2.05) is 13.8 Å². The van der Waals surface area contributed by atoms with Crippen LogP contribution in [0.5, 0.6) is 0 Å². The molecule has 0 spiro atoms. The normalized spacial score (nSPS) is 12.5. The number of aliphatic hydroxyl groups is 1. The van der Waals surface area contributed by atoms with Gasteiger partial charge in [0.25, 0.3) is 5.91 Å².